The molecule has 2 aromatic rings. The predicted octanol–water partition coefficient (Wildman–Crippen LogP) is 2.56. The van der Waals surface area contributed by atoms with Crippen molar-refractivity contribution in [3.63, 3.8) is 0 Å². The number of halogens is 1. The molecular formula is C14H17FN2O. The van der Waals surface area contributed by atoms with E-state index >= 15 is 0 Å². The SMILES string of the molecule is CCCn1ccn(Cc2ccc(F)cc2C)c1=O. The van der Waals surface area contributed by atoms with E-state index in [1.807, 2.05) is 13.8 Å². The van der Waals surface area contributed by atoms with Gasteiger partial charge < -0.3 is 0 Å². The van der Waals surface area contributed by atoms with Crippen LogP contribution in [0.5, 0.6) is 0 Å². The number of hydrogen-bond acceptors (Lipinski definition) is 1. The number of imidazole rings is 1. The molecule has 1 heterocycles. The van der Waals surface area contributed by atoms with E-state index in [0.717, 1.165) is 24.1 Å². The Morgan fingerprint density at radius 3 is 2.61 bits per heavy atom. The first-order chi connectivity index (χ1) is 8.61. The summed E-state index contributed by atoms with van der Waals surface area (Å²) in [6, 6.07) is 4.65. The molecule has 0 saturated heterocycles. The number of hydrogen-bond donors (Lipinski definition) is 0. The Bertz CT molecular complexity index is 598. The van der Waals surface area contributed by atoms with Gasteiger partial charge in [0.05, 0.1) is 6.54 Å². The molecule has 4 heteroatoms. The summed E-state index contributed by atoms with van der Waals surface area (Å²) in [6.07, 6.45) is 4.50. The van der Waals surface area contributed by atoms with Crippen LogP contribution in [-0.2, 0) is 13.1 Å². The topological polar surface area (TPSA) is 26.9 Å². The standard InChI is InChI=1S/C14H17FN2O/c1-3-6-16-7-8-17(14(16)18)10-12-4-5-13(15)9-11(12)2/h4-5,7-9H,3,6,10H2,1-2H3. The van der Waals surface area contributed by atoms with Crippen LogP contribution in [0.4, 0.5) is 4.39 Å². The van der Waals surface area contributed by atoms with Crippen LogP contribution in [-0.4, -0.2) is 9.13 Å². The van der Waals surface area contributed by atoms with Gasteiger partial charge in [-0.05, 0) is 36.6 Å². The highest BCUT2D eigenvalue weighted by Gasteiger charge is 2.05. The zero-order valence-corrected chi connectivity index (χ0v) is 10.7. The molecular weight excluding hydrogens is 231 g/mol. The Kier molecular flexibility index (Phi) is 3.65. The van der Waals surface area contributed by atoms with Crippen molar-refractivity contribution in [1.82, 2.24) is 9.13 Å². The molecule has 0 radical (unpaired) electrons. The van der Waals surface area contributed by atoms with Crippen LogP contribution in [0.3, 0.4) is 0 Å². The van der Waals surface area contributed by atoms with E-state index in [1.165, 1.54) is 12.1 Å². The van der Waals surface area contributed by atoms with Crippen LogP contribution in [0.1, 0.15) is 24.5 Å². The fourth-order valence-corrected chi connectivity index (χ4v) is 2.01. The number of benzene rings is 1. The summed E-state index contributed by atoms with van der Waals surface area (Å²) in [5, 5.41) is 0. The lowest BCUT2D eigenvalue weighted by Crippen LogP contribution is -2.24. The smallest absolute Gasteiger partial charge is 0.299 e. The van der Waals surface area contributed by atoms with Gasteiger partial charge in [0, 0.05) is 18.9 Å². The molecule has 0 saturated carbocycles. The van der Waals surface area contributed by atoms with Crippen LogP contribution in [0, 0.1) is 12.7 Å². The van der Waals surface area contributed by atoms with Crippen LogP contribution >= 0.6 is 0 Å². The van der Waals surface area contributed by atoms with Crippen LogP contribution in [0.15, 0.2) is 35.4 Å². The molecule has 0 fully saturated rings. The summed E-state index contributed by atoms with van der Waals surface area (Å²) in [6.45, 7) is 5.11. The quantitative estimate of drug-likeness (QED) is 0.817. The normalized spacial score (nSPS) is 10.8. The maximum absolute atomic E-state index is 13.0. The first-order valence-electron chi connectivity index (χ1n) is 6.12. The minimum Gasteiger partial charge on any atom is -0.299 e. The Balaban J connectivity index is 2.26. The van der Waals surface area contributed by atoms with Gasteiger partial charge in [-0.25, -0.2) is 9.18 Å². The third kappa shape index (κ3) is 2.53. The molecule has 0 amide bonds. The van der Waals surface area contributed by atoms with Crippen molar-refractivity contribution in [2.45, 2.75) is 33.4 Å². The molecule has 96 valence electrons. The molecule has 0 spiro atoms. The lowest BCUT2D eigenvalue weighted by molar-refractivity contribution is 0.616. The lowest BCUT2D eigenvalue weighted by Gasteiger charge is -2.06. The molecule has 0 N–H and O–H groups in total. The molecule has 1 aromatic carbocycles. The fraction of sp³-hybridized carbons (Fsp3) is 0.357. The van der Waals surface area contributed by atoms with E-state index in [4.69, 9.17) is 0 Å². The highest BCUT2D eigenvalue weighted by molar-refractivity contribution is 5.26. The summed E-state index contributed by atoms with van der Waals surface area (Å²) in [7, 11) is 0. The van der Waals surface area contributed by atoms with Gasteiger partial charge in [0.15, 0.2) is 0 Å². The minimum absolute atomic E-state index is 0.0134. The van der Waals surface area contributed by atoms with Crippen molar-refractivity contribution in [2.24, 2.45) is 0 Å². The average Bonchev–Trinajstić information content (AvgIpc) is 2.66. The van der Waals surface area contributed by atoms with Crippen LogP contribution < -0.4 is 5.69 Å². The van der Waals surface area contributed by atoms with E-state index in [-0.39, 0.29) is 11.5 Å². The van der Waals surface area contributed by atoms with Gasteiger partial charge in [0.2, 0.25) is 0 Å². The Morgan fingerprint density at radius 2 is 1.94 bits per heavy atom. The Hall–Kier alpha value is -1.84. The second-order valence-electron chi connectivity index (χ2n) is 4.47. The molecule has 0 aliphatic rings. The number of nitrogens with zero attached hydrogens (tertiary/aromatic N) is 2. The molecule has 2 rings (SSSR count). The second kappa shape index (κ2) is 5.21. The monoisotopic (exact) mass is 248 g/mol. The second-order valence-corrected chi connectivity index (χ2v) is 4.47. The fourth-order valence-electron chi connectivity index (χ4n) is 2.01. The summed E-state index contributed by atoms with van der Waals surface area (Å²) in [4.78, 5) is 12.0. The number of aromatic nitrogens is 2. The zero-order chi connectivity index (χ0) is 13.1. The van der Waals surface area contributed by atoms with Crippen molar-refractivity contribution in [2.75, 3.05) is 0 Å². The van der Waals surface area contributed by atoms with E-state index < -0.39 is 0 Å². The highest BCUT2D eigenvalue weighted by Crippen LogP contribution is 2.11. The molecule has 0 aliphatic carbocycles. The zero-order valence-electron chi connectivity index (χ0n) is 10.7. The number of rotatable bonds is 4. The van der Waals surface area contributed by atoms with Crippen LogP contribution in [0.25, 0.3) is 0 Å². The van der Waals surface area contributed by atoms with E-state index in [9.17, 15) is 9.18 Å². The first kappa shape index (κ1) is 12.6. The average molecular weight is 248 g/mol. The van der Waals surface area contributed by atoms with Crippen molar-refractivity contribution in [3.05, 3.63) is 58.0 Å². The van der Waals surface area contributed by atoms with E-state index in [2.05, 4.69) is 0 Å². The van der Waals surface area contributed by atoms with E-state index in [1.54, 1.807) is 27.6 Å². The molecule has 0 unspecified atom stereocenters. The third-order valence-electron chi connectivity index (χ3n) is 3.03. The van der Waals surface area contributed by atoms with Gasteiger partial charge in [0.25, 0.3) is 0 Å². The minimum atomic E-state index is -0.243. The summed E-state index contributed by atoms with van der Waals surface area (Å²) in [5.41, 5.74) is 1.82. The number of aryl methyl sites for hydroxylation is 2. The molecule has 0 bridgehead atoms. The summed E-state index contributed by atoms with van der Waals surface area (Å²) >= 11 is 0. The first-order valence-corrected chi connectivity index (χ1v) is 6.12. The molecule has 0 aliphatic heterocycles. The molecule has 18 heavy (non-hydrogen) atoms. The summed E-state index contributed by atoms with van der Waals surface area (Å²) < 4.78 is 16.3. The molecule has 3 nitrogen and oxygen atoms in total. The Morgan fingerprint density at radius 1 is 1.22 bits per heavy atom. The van der Waals surface area contributed by atoms with Crippen molar-refractivity contribution < 1.29 is 4.39 Å². The van der Waals surface area contributed by atoms with E-state index in [0.29, 0.717) is 6.54 Å². The largest absolute Gasteiger partial charge is 0.328 e. The molecule has 1 aromatic heterocycles. The van der Waals surface area contributed by atoms with Gasteiger partial charge in [-0.15, -0.1) is 0 Å². The summed E-state index contributed by atoms with van der Waals surface area (Å²) in [5.74, 6) is -0.243. The maximum Gasteiger partial charge on any atom is 0.328 e. The van der Waals surface area contributed by atoms with Gasteiger partial charge in [0.1, 0.15) is 5.82 Å². The Labute approximate surface area is 105 Å². The van der Waals surface area contributed by atoms with Gasteiger partial charge in [-0.3, -0.25) is 9.13 Å². The predicted molar refractivity (Wildman–Crippen MR) is 69.2 cm³/mol. The van der Waals surface area contributed by atoms with Crippen LogP contribution in [0.2, 0.25) is 0 Å². The van der Waals surface area contributed by atoms with Gasteiger partial charge in [-0.2, -0.15) is 0 Å². The van der Waals surface area contributed by atoms with Gasteiger partial charge >= 0.3 is 5.69 Å². The van der Waals surface area contributed by atoms with Crippen molar-refractivity contribution in [1.29, 1.82) is 0 Å². The van der Waals surface area contributed by atoms with Gasteiger partial charge in [-0.1, -0.05) is 13.0 Å². The third-order valence-corrected chi connectivity index (χ3v) is 3.03. The van der Waals surface area contributed by atoms with Crippen molar-refractivity contribution >= 4 is 0 Å². The lowest BCUT2D eigenvalue weighted by atomic mass is 10.1. The maximum atomic E-state index is 13.0. The van der Waals surface area contributed by atoms with Crippen molar-refractivity contribution in [3.8, 4) is 0 Å². The molecule has 0 atom stereocenters. The highest BCUT2D eigenvalue weighted by atomic mass is 19.1.